The maximum absolute atomic E-state index is 6.07. The molecule has 2 N–H and O–H groups in total. The molecule has 0 aliphatic heterocycles. The minimum atomic E-state index is 0.591. The standard InChI is InChI=1S/C14H16ClN3/c1-10-6-13(16)12(15)7-14(10)18(2)9-11-4-3-5-17-8-11/h3-8H,9,16H2,1-2H3. The van der Waals surface area contributed by atoms with Gasteiger partial charge >= 0.3 is 0 Å². The molecule has 0 saturated heterocycles. The minimum Gasteiger partial charge on any atom is -0.398 e. The van der Waals surface area contributed by atoms with Crippen LogP contribution in [0.25, 0.3) is 0 Å². The van der Waals surface area contributed by atoms with E-state index in [0.29, 0.717) is 10.7 Å². The first-order valence-corrected chi connectivity index (χ1v) is 6.11. The molecule has 0 bridgehead atoms. The molecule has 0 spiro atoms. The summed E-state index contributed by atoms with van der Waals surface area (Å²) < 4.78 is 0. The number of aryl methyl sites for hydroxylation is 1. The van der Waals surface area contributed by atoms with Gasteiger partial charge in [0.05, 0.1) is 10.7 Å². The van der Waals surface area contributed by atoms with E-state index in [9.17, 15) is 0 Å². The predicted octanol–water partition coefficient (Wildman–Crippen LogP) is 3.26. The zero-order valence-electron chi connectivity index (χ0n) is 10.5. The Kier molecular flexibility index (Phi) is 3.72. The van der Waals surface area contributed by atoms with Gasteiger partial charge in [-0.25, -0.2) is 0 Å². The summed E-state index contributed by atoms with van der Waals surface area (Å²) in [6.45, 7) is 2.82. The fourth-order valence-electron chi connectivity index (χ4n) is 1.96. The molecular weight excluding hydrogens is 246 g/mol. The number of nitrogen functional groups attached to an aromatic ring is 1. The number of halogens is 1. The number of pyridine rings is 1. The second-order valence-electron chi connectivity index (χ2n) is 4.38. The zero-order valence-corrected chi connectivity index (χ0v) is 11.3. The number of benzene rings is 1. The van der Waals surface area contributed by atoms with Gasteiger partial charge in [-0.2, -0.15) is 0 Å². The zero-order chi connectivity index (χ0) is 13.1. The molecule has 4 heteroatoms. The van der Waals surface area contributed by atoms with Crippen molar-refractivity contribution in [2.75, 3.05) is 17.7 Å². The van der Waals surface area contributed by atoms with Crippen molar-refractivity contribution in [3.05, 3.63) is 52.8 Å². The van der Waals surface area contributed by atoms with E-state index in [1.807, 2.05) is 38.4 Å². The molecule has 1 heterocycles. The second kappa shape index (κ2) is 5.27. The van der Waals surface area contributed by atoms with Crippen LogP contribution in [0.15, 0.2) is 36.7 Å². The molecule has 3 nitrogen and oxygen atoms in total. The van der Waals surface area contributed by atoms with E-state index in [1.54, 1.807) is 6.20 Å². The van der Waals surface area contributed by atoms with Gasteiger partial charge in [0.25, 0.3) is 0 Å². The molecule has 18 heavy (non-hydrogen) atoms. The van der Waals surface area contributed by atoms with Crippen molar-refractivity contribution in [3.8, 4) is 0 Å². The van der Waals surface area contributed by atoms with Crippen LogP contribution in [0.3, 0.4) is 0 Å². The Labute approximate surface area is 112 Å². The molecular formula is C14H16ClN3. The molecule has 94 valence electrons. The molecule has 0 aliphatic rings. The van der Waals surface area contributed by atoms with Crippen LogP contribution in [0.2, 0.25) is 5.02 Å². The summed E-state index contributed by atoms with van der Waals surface area (Å²) in [6.07, 6.45) is 3.64. The van der Waals surface area contributed by atoms with Gasteiger partial charge in [-0.1, -0.05) is 17.7 Å². The Bertz CT molecular complexity index is 540. The quantitative estimate of drug-likeness (QED) is 0.863. The first-order chi connectivity index (χ1) is 8.58. The average molecular weight is 262 g/mol. The van der Waals surface area contributed by atoms with Gasteiger partial charge in [-0.3, -0.25) is 4.98 Å². The van der Waals surface area contributed by atoms with Crippen molar-refractivity contribution in [1.82, 2.24) is 4.98 Å². The molecule has 0 amide bonds. The predicted molar refractivity (Wildman–Crippen MR) is 76.9 cm³/mol. The monoisotopic (exact) mass is 261 g/mol. The summed E-state index contributed by atoms with van der Waals surface area (Å²) >= 11 is 6.07. The Hall–Kier alpha value is -1.74. The third-order valence-electron chi connectivity index (χ3n) is 2.87. The lowest BCUT2D eigenvalue weighted by atomic mass is 10.1. The van der Waals surface area contributed by atoms with Crippen LogP contribution in [0.5, 0.6) is 0 Å². The van der Waals surface area contributed by atoms with Gasteiger partial charge in [0.1, 0.15) is 0 Å². The number of hydrogen-bond acceptors (Lipinski definition) is 3. The maximum atomic E-state index is 6.07. The molecule has 2 aromatic rings. The van der Waals surface area contributed by atoms with E-state index < -0.39 is 0 Å². The van der Waals surface area contributed by atoms with Crippen LogP contribution < -0.4 is 10.6 Å². The van der Waals surface area contributed by atoms with E-state index in [-0.39, 0.29) is 0 Å². The van der Waals surface area contributed by atoms with Crippen molar-refractivity contribution >= 4 is 23.0 Å². The maximum Gasteiger partial charge on any atom is 0.0656 e. The lowest BCUT2D eigenvalue weighted by Crippen LogP contribution is -2.17. The molecule has 0 aliphatic carbocycles. The Balaban J connectivity index is 2.24. The molecule has 1 aromatic carbocycles. The topological polar surface area (TPSA) is 42.1 Å². The van der Waals surface area contributed by atoms with Crippen LogP contribution in [-0.2, 0) is 6.54 Å². The number of aromatic nitrogens is 1. The number of anilines is 2. The molecule has 1 aromatic heterocycles. The smallest absolute Gasteiger partial charge is 0.0656 e. The molecule has 2 rings (SSSR count). The van der Waals surface area contributed by atoms with Gasteiger partial charge in [-0.05, 0) is 36.2 Å². The summed E-state index contributed by atoms with van der Waals surface area (Å²) in [5.41, 5.74) is 9.76. The summed E-state index contributed by atoms with van der Waals surface area (Å²) in [6, 6.07) is 7.80. The highest BCUT2D eigenvalue weighted by molar-refractivity contribution is 6.33. The highest BCUT2D eigenvalue weighted by Gasteiger charge is 2.08. The Morgan fingerprint density at radius 2 is 2.17 bits per heavy atom. The first kappa shape index (κ1) is 12.7. The van der Waals surface area contributed by atoms with Gasteiger partial charge in [0.2, 0.25) is 0 Å². The van der Waals surface area contributed by atoms with Crippen LogP contribution in [0, 0.1) is 6.92 Å². The lowest BCUT2D eigenvalue weighted by molar-refractivity contribution is 0.910. The fourth-order valence-corrected chi connectivity index (χ4v) is 2.11. The average Bonchev–Trinajstić information content (AvgIpc) is 2.35. The highest BCUT2D eigenvalue weighted by Crippen LogP contribution is 2.29. The van der Waals surface area contributed by atoms with Crippen LogP contribution >= 0.6 is 11.6 Å². The number of hydrogen-bond donors (Lipinski definition) is 1. The SMILES string of the molecule is Cc1cc(N)c(Cl)cc1N(C)Cc1cccnc1. The molecule has 0 unspecified atom stereocenters. The Morgan fingerprint density at radius 3 is 2.83 bits per heavy atom. The number of rotatable bonds is 3. The highest BCUT2D eigenvalue weighted by atomic mass is 35.5. The third kappa shape index (κ3) is 2.74. The second-order valence-corrected chi connectivity index (χ2v) is 4.78. The van der Waals surface area contributed by atoms with Crippen molar-refractivity contribution in [2.24, 2.45) is 0 Å². The van der Waals surface area contributed by atoms with Crippen molar-refractivity contribution < 1.29 is 0 Å². The van der Waals surface area contributed by atoms with E-state index in [4.69, 9.17) is 17.3 Å². The van der Waals surface area contributed by atoms with Crippen molar-refractivity contribution in [1.29, 1.82) is 0 Å². The summed E-state index contributed by atoms with van der Waals surface area (Å²) in [5, 5.41) is 0.591. The van der Waals surface area contributed by atoms with Gasteiger partial charge in [-0.15, -0.1) is 0 Å². The third-order valence-corrected chi connectivity index (χ3v) is 3.20. The van der Waals surface area contributed by atoms with Crippen LogP contribution in [0.1, 0.15) is 11.1 Å². The minimum absolute atomic E-state index is 0.591. The number of nitrogens with two attached hydrogens (primary N) is 1. The van der Waals surface area contributed by atoms with E-state index in [2.05, 4.69) is 16.0 Å². The fraction of sp³-hybridized carbons (Fsp3) is 0.214. The molecule has 0 fully saturated rings. The largest absolute Gasteiger partial charge is 0.398 e. The lowest BCUT2D eigenvalue weighted by Gasteiger charge is -2.22. The normalized spacial score (nSPS) is 10.4. The first-order valence-electron chi connectivity index (χ1n) is 5.73. The van der Waals surface area contributed by atoms with E-state index >= 15 is 0 Å². The van der Waals surface area contributed by atoms with E-state index in [0.717, 1.165) is 23.4 Å². The summed E-state index contributed by atoms with van der Waals surface area (Å²) in [5.74, 6) is 0. The van der Waals surface area contributed by atoms with Crippen molar-refractivity contribution in [3.63, 3.8) is 0 Å². The van der Waals surface area contributed by atoms with Gasteiger partial charge in [0.15, 0.2) is 0 Å². The Morgan fingerprint density at radius 1 is 1.39 bits per heavy atom. The van der Waals surface area contributed by atoms with Gasteiger partial charge in [0, 0.05) is 31.7 Å². The van der Waals surface area contributed by atoms with Gasteiger partial charge < -0.3 is 10.6 Å². The molecule has 0 radical (unpaired) electrons. The van der Waals surface area contributed by atoms with Crippen LogP contribution in [0.4, 0.5) is 11.4 Å². The van der Waals surface area contributed by atoms with Crippen LogP contribution in [-0.4, -0.2) is 12.0 Å². The summed E-state index contributed by atoms with van der Waals surface area (Å²) in [4.78, 5) is 6.25. The molecule has 0 saturated carbocycles. The van der Waals surface area contributed by atoms with Crippen molar-refractivity contribution in [2.45, 2.75) is 13.5 Å². The molecule has 0 atom stereocenters. The summed E-state index contributed by atoms with van der Waals surface area (Å²) in [7, 11) is 2.03. The number of nitrogens with zero attached hydrogens (tertiary/aromatic N) is 2. The van der Waals surface area contributed by atoms with E-state index in [1.165, 1.54) is 0 Å².